The van der Waals surface area contributed by atoms with Crippen LogP contribution in [-0.2, 0) is 0 Å². The normalized spacial score (nSPS) is 20.0. The largest absolute Gasteiger partial charge is 0.394 e. The van der Waals surface area contributed by atoms with E-state index in [9.17, 15) is 14.3 Å². The van der Waals surface area contributed by atoms with Crippen LogP contribution in [0, 0.1) is 12.7 Å². The van der Waals surface area contributed by atoms with Crippen molar-refractivity contribution < 1.29 is 14.3 Å². The molecule has 4 heterocycles. The lowest BCUT2D eigenvalue weighted by Gasteiger charge is -2.27. The molecule has 1 aliphatic carbocycles. The van der Waals surface area contributed by atoms with Crippen LogP contribution in [0.2, 0.25) is 0 Å². The second-order valence-corrected chi connectivity index (χ2v) is 8.18. The Morgan fingerprint density at radius 3 is 3.00 bits per heavy atom. The molecule has 0 aromatic carbocycles. The van der Waals surface area contributed by atoms with Crippen molar-refractivity contribution in [3.05, 3.63) is 53.4 Å². The summed E-state index contributed by atoms with van der Waals surface area (Å²) in [5, 5.41) is 16.6. The Kier molecular flexibility index (Phi) is 4.43. The molecule has 8 nitrogen and oxygen atoms in total. The summed E-state index contributed by atoms with van der Waals surface area (Å²) < 4.78 is 15.4. The fourth-order valence-corrected chi connectivity index (χ4v) is 4.19. The minimum absolute atomic E-state index is 0.0209. The molecule has 1 atom stereocenters. The first-order chi connectivity index (χ1) is 14.5. The van der Waals surface area contributed by atoms with Crippen molar-refractivity contribution in [2.24, 2.45) is 0 Å². The number of nitrogens with one attached hydrogen (secondary N) is 1. The van der Waals surface area contributed by atoms with E-state index in [1.54, 1.807) is 16.8 Å². The van der Waals surface area contributed by atoms with Crippen LogP contribution < -0.4 is 10.2 Å². The fraction of sp³-hybridized carbons (Fsp3) is 0.429. The van der Waals surface area contributed by atoms with E-state index >= 15 is 0 Å². The van der Waals surface area contributed by atoms with Gasteiger partial charge in [-0.3, -0.25) is 9.78 Å². The Balaban J connectivity index is 1.48. The summed E-state index contributed by atoms with van der Waals surface area (Å²) in [7, 11) is 0. The predicted molar refractivity (Wildman–Crippen MR) is 108 cm³/mol. The maximum absolute atomic E-state index is 13.8. The number of aryl methyl sites for hydroxylation is 1. The molecule has 0 unspecified atom stereocenters. The fourth-order valence-electron chi connectivity index (χ4n) is 4.19. The van der Waals surface area contributed by atoms with Crippen molar-refractivity contribution >= 4 is 17.4 Å². The second-order valence-electron chi connectivity index (χ2n) is 8.18. The van der Waals surface area contributed by atoms with Crippen LogP contribution in [0.25, 0.3) is 5.65 Å². The molecule has 2 fully saturated rings. The number of hydrogen-bond donors (Lipinski definition) is 2. The number of hydrogen-bond acceptors (Lipinski definition) is 6. The van der Waals surface area contributed by atoms with Crippen LogP contribution in [0.4, 0.5) is 10.2 Å². The number of pyridine rings is 1. The summed E-state index contributed by atoms with van der Waals surface area (Å²) in [6.07, 6.45) is 7.88. The van der Waals surface area contributed by atoms with E-state index < -0.39 is 5.54 Å². The number of anilines is 1. The summed E-state index contributed by atoms with van der Waals surface area (Å²) in [5.74, 6) is 0.0781. The van der Waals surface area contributed by atoms with Gasteiger partial charge in [0.1, 0.15) is 17.2 Å². The number of nitrogens with zero attached hydrogens (tertiary/aromatic N) is 5. The van der Waals surface area contributed by atoms with E-state index in [0.717, 1.165) is 43.5 Å². The standard InChI is InChI=1S/C21H23FN6O2/c1-13-15(9-14(22)10-23-13)17-3-2-7-27(17)18-4-8-28-19(25-18)16(11-24-28)20(30)26-21(12-29)5-6-21/h4,8-11,17,29H,2-3,5-7,12H2,1H3,(H,26,30)/t17-/m1/s1. The van der Waals surface area contributed by atoms with Crippen LogP contribution in [0.1, 0.15) is 53.3 Å². The Bertz CT molecular complexity index is 1130. The molecule has 0 spiro atoms. The lowest BCUT2D eigenvalue weighted by molar-refractivity contribution is 0.0908. The maximum atomic E-state index is 13.8. The van der Waals surface area contributed by atoms with Gasteiger partial charge in [0.25, 0.3) is 5.91 Å². The number of aliphatic hydroxyl groups is 1. The van der Waals surface area contributed by atoms with E-state index in [1.807, 2.05) is 13.0 Å². The van der Waals surface area contributed by atoms with Crippen LogP contribution in [0.5, 0.6) is 0 Å². The topological polar surface area (TPSA) is 95.7 Å². The predicted octanol–water partition coefficient (Wildman–Crippen LogP) is 2.17. The molecule has 0 radical (unpaired) electrons. The van der Waals surface area contributed by atoms with Crippen molar-refractivity contribution in [2.75, 3.05) is 18.1 Å². The number of carbonyl (C=O) groups is 1. The number of aromatic nitrogens is 4. The number of amides is 1. The lowest BCUT2D eigenvalue weighted by atomic mass is 10.0. The number of halogens is 1. The maximum Gasteiger partial charge on any atom is 0.257 e. The van der Waals surface area contributed by atoms with Gasteiger partial charge in [-0.25, -0.2) is 13.9 Å². The molecular weight excluding hydrogens is 387 g/mol. The van der Waals surface area contributed by atoms with Crippen LogP contribution in [-0.4, -0.2) is 49.3 Å². The molecule has 5 rings (SSSR count). The van der Waals surface area contributed by atoms with Gasteiger partial charge in [0.05, 0.1) is 30.6 Å². The van der Waals surface area contributed by atoms with Gasteiger partial charge < -0.3 is 15.3 Å². The molecule has 156 valence electrons. The Morgan fingerprint density at radius 2 is 2.23 bits per heavy atom. The summed E-state index contributed by atoms with van der Waals surface area (Å²) in [6.45, 7) is 2.59. The van der Waals surface area contributed by atoms with E-state index in [4.69, 9.17) is 4.98 Å². The van der Waals surface area contributed by atoms with Gasteiger partial charge in [0.2, 0.25) is 0 Å². The summed E-state index contributed by atoms with van der Waals surface area (Å²) in [6, 6.07) is 3.39. The number of rotatable bonds is 5. The van der Waals surface area contributed by atoms with Crippen molar-refractivity contribution in [2.45, 2.75) is 44.2 Å². The van der Waals surface area contributed by atoms with Gasteiger partial charge in [0, 0.05) is 18.4 Å². The van der Waals surface area contributed by atoms with E-state index in [1.165, 1.54) is 12.4 Å². The molecule has 1 aliphatic heterocycles. The van der Waals surface area contributed by atoms with E-state index in [2.05, 4.69) is 20.3 Å². The first kappa shape index (κ1) is 18.9. The summed E-state index contributed by atoms with van der Waals surface area (Å²) in [4.78, 5) is 23.8. The zero-order chi connectivity index (χ0) is 20.9. The Morgan fingerprint density at radius 1 is 1.40 bits per heavy atom. The van der Waals surface area contributed by atoms with Gasteiger partial charge >= 0.3 is 0 Å². The van der Waals surface area contributed by atoms with Crippen molar-refractivity contribution in [1.29, 1.82) is 0 Å². The third kappa shape index (κ3) is 3.19. The molecule has 2 aliphatic rings. The van der Waals surface area contributed by atoms with Gasteiger partial charge in [-0.15, -0.1) is 0 Å². The van der Waals surface area contributed by atoms with E-state index in [-0.39, 0.29) is 24.4 Å². The van der Waals surface area contributed by atoms with Crippen LogP contribution in [0.3, 0.4) is 0 Å². The average molecular weight is 410 g/mol. The van der Waals surface area contributed by atoms with Crippen molar-refractivity contribution in [1.82, 2.24) is 24.9 Å². The third-order valence-electron chi connectivity index (χ3n) is 6.13. The zero-order valence-corrected chi connectivity index (χ0v) is 16.7. The molecule has 0 bridgehead atoms. The highest BCUT2D eigenvalue weighted by molar-refractivity contribution is 6.00. The first-order valence-electron chi connectivity index (χ1n) is 10.2. The Labute approximate surface area is 172 Å². The Hall–Kier alpha value is -3.07. The van der Waals surface area contributed by atoms with Gasteiger partial charge in [-0.05, 0) is 50.3 Å². The first-order valence-corrected chi connectivity index (χ1v) is 10.2. The molecule has 30 heavy (non-hydrogen) atoms. The smallest absolute Gasteiger partial charge is 0.257 e. The highest BCUT2D eigenvalue weighted by atomic mass is 19.1. The van der Waals surface area contributed by atoms with Crippen LogP contribution in [0.15, 0.2) is 30.7 Å². The van der Waals surface area contributed by atoms with E-state index in [0.29, 0.717) is 17.0 Å². The SMILES string of the molecule is Cc1ncc(F)cc1[C@H]1CCCN1c1ccn2ncc(C(=O)NC3(CO)CC3)c2n1. The lowest BCUT2D eigenvalue weighted by Crippen LogP contribution is -2.39. The van der Waals surface area contributed by atoms with Crippen molar-refractivity contribution in [3.63, 3.8) is 0 Å². The highest BCUT2D eigenvalue weighted by Gasteiger charge is 2.44. The zero-order valence-electron chi connectivity index (χ0n) is 16.7. The van der Waals surface area contributed by atoms with Gasteiger partial charge in [-0.1, -0.05) is 0 Å². The molecule has 1 amide bonds. The molecule has 3 aromatic heterocycles. The second kappa shape index (κ2) is 7.02. The van der Waals surface area contributed by atoms with Gasteiger partial charge in [0.15, 0.2) is 5.65 Å². The van der Waals surface area contributed by atoms with Gasteiger partial charge in [-0.2, -0.15) is 5.10 Å². The number of aliphatic hydroxyl groups excluding tert-OH is 1. The molecule has 9 heteroatoms. The third-order valence-corrected chi connectivity index (χ3v) is 6.13. The highest BCUT2D eigenvalue weighted by Crippen LogP contribution is 2.37. The molecule has 2 N–H and O–H groups in total. The molecule has 3 aromatic rings. The molecule has 1 saturated heterocycles. The minimum Gasteiger partial charge on any atom is -0.394 e. The molecule has 1 saturated carbocycles. The monoisotopic (exact) mass is 410 g/mol. The quantitative estimate of drug-likeness (QED) is 0.669. The minimum atomic E-state index is -0.509. The van der Waals surface area contributed by atoms with Crippen LogP contribution >= 0.6 is 0 Å². The number of carbonyl (C=O) groups excluding carboxylic acids is 1. The summed E-state index contributed by atoms with van der Waals surface area (Å²) in [5.41, 5.74) is 1.98. The number of fused-ring (bicyclic) bond motifs is 1. The average Bonchev–Trinajstić information content (AvgIpc) is 3.15. The summed E-state index contributed by atoms with van der Waals surface area (Å²) >= 11 is 0. The van der Waals surface area contributed by atoms with Crippen molar-refractivity contribution in [3.8, 4) is 0 Å². The molecular formula is C21H23FN6O2.